The molecule has 0 fully saturated rings. The molecule has 2 heterocycles. The maximum absolute atomic E-state index is 13.2. The summed E-state index contributed by atoms with van der Waals surface area (Å²) in [5.41, 5.74) is 11.3. The Balaban J connectivity index is 1.74. The fraction of sp³-hybridized carbons (Fsp3) is 0.250. The number of ketones is 1. The summed E-state index contributed by atoms with van der Waals surface area (Å²) in [4.78, 5) is 15.1. The van der Waals surface area contributed by atoms with Gasteiger partial charge in [-0.3, -0.25) is 9.69 Å². The number of carbonyl (C=O) groups excluding carboxylic acids is 1. The predicted molar refractivity (Wildman–Crippen MR) is 112 cm³/mol. The van der Waals surface area contributed by atoms with E-state index in [1.54, 1.807) is 0 Å². The third kappa shape index (κ3) is 2.66. The van der Waals surface area contributed by atoms with Crippen molar-refractivity contribution in [2.24, 2.45) is 5.73 Å². The van der Waals surface area contributed by atoms with Crippen LogP contribution in [0.4, 0.5) is 5.69 Å². The number of fused-ring (bicyclic) bond motifs is 1. The number of benzene rings is 2. The van der Waals surface area contributed by atoms with Crippen molar-refractivity contribution in [1.29, 1.82) is 5.26 Å². The van der Waals surface area contributed by atoms with Gasteiger partial charge >= 0.3 is 0 Å². The van der Waals surface area contributed by atoms with Crippen LogP contribution >= 0.6 is 0 Å². The van der Waals surface area contributed by atoms with E-state index in [1.165, 1.54) is 0 Å². The molecule has 6 heteroatoms. The number of nitriles is 1. The Kier molecular flexibility index (Phi) is 4.25. The predicted octanol–water partition coefficient (Wildman–Crippen LogP) is 4.03. The van der Waals surface area contributed by atoms with Crippen molar-refractivity contribution in [3.63, 3.8) is 0 Å². The zero-order chi connectivity index (χ0) is 20.8. The zero-order valence-corrected chi connectivity index (χ0v) is 16.6. The minimum Gasteiger partial charge on any atom is -0.454 e. The molecule has 3 aliphatic rings. The maximum Gasteiger partial charge on any atom is 0.231 e. The zero-order valence-electron chi connectivity index (χ0n) is 16.6. The van der Waals surface area contributed by atoms with Crippen molar-refractivity contribution in [3.05, 3.63) is 76.3 Å². The van der Waals surface area contributed by atoms with Crippen molar-refractivity contribution in [2.45, 2.75) is 32.1 Å². The van der Waals surface area contributed by atoms with Gasteiger partial charge in [-0.15, -0.1) is 0 Å². The molecule has 0 radical (unpaired) electrons. The number of ether oxygens (including phenoxy) is 2. The molecule has 0 saturated carbocycles. The summed E-state index contributed by atoms with van der Waals surface area (Å²) in [6.45, 7) is 2.17. The molecule has 0 saturated heterocycles. The van der Waals surface area contributed by atoms with Crippen LogP contribution in [0.25, 0.3) is 0 Å². The fourth-order valence-corrected chi connectivity index (χ4v) is 4.60. The molecule has 2 aromatic carbocycles. The molecule has 6 nitrogen and oxygen atoms in total. The number of para-hydroxylation sites is 1. The fourth-order valence-electron chi connectivity index (χ4n) is 4.60. The second-order valence-corrected chi connectivity index (χ2v) is 7.72. The number of carbonyl (C=O) groups is 1. The van der Waals surface area contributed by atoms with Gasteiger partial charge in [0.1, 0.15) is 5.82 Å². The largest absolute Gasteiger partial charge is 0.454 e. The van der Waals surface area contributed by atoms with Gasteiger partial charge in [0.25, 0.3) is 0 Å². The van der Waals surface area contributed by atoms with Crippen molar-refractivity contribution in [3.8, 4) is 17.6 Å². The summed E-state index contributed by atoms with van der Waals surface area (Å²) in [7, 11) is 0. The van der Waals surface area contributed by atoms with E-state index < -0.39 is 5.92 Å². The number of rotatable bonds is 2. The molecule has 1 atom stereocenters. The summed E-state index contributed by atoms with van der Waals surface area (Å²) in [6.07, 6.45) is 1.97. The van der Waals surface area contributed by atoms with E-state index in [0.717, 1.165) is 35.4 Å². The lowest BCUT2D eigenvalue weighted by Gasteiger charge is -2.40. The molecule has 0 bridgehead atoms. The monoisotopic (exact) mass is 399 g/mol. The summed E-state index contributed by atoms with van der Waals surface area (Å²) in [6, 6.07) is 15.7. The third-order valence-corrected chi connectivity index (χ3v) is 6.00. The lowest BCUT2D eigenvalue weighted by Crippen LogP contribution is -2.39. The normalized spacial score (nSPS) is 20.3. The van der Waals surface area contributed by atoms with Crippen molar-refractivity contribution in [1.82, 2.24) is 0 Å². The van der Waals surface area contributed by atoms with Crippen molar-refractivity contribution < 1.29 is 14.3 Å². The van der Waals surface area contributed by atoms with Gasteiger partial charge in [-0.1, -0.05) is 24.3 Å². The Labute approximate surface area is 174 Å². The Morgan fingerprint density at radius 2 is 1.93 bits per heavy atom. The van der Waals surface area contributed by atoms with Gasteiger partial charge in [0.15, 0.2) is 17.3 Å². The van der Waals surface area contributed by atoms with Crippen LogP contribution in [0.2, 0.25) is 0 Å². The van der Waals surface area contributed by atoms with E-state index in [0.29, 0.717) is 34.9 Å². The van der Waals surface area contributed by atoms with E-state index >= 15 is 0 Å². The number of nitrogens with zero attached hydrogens (tertiary/aromatic N) is 2. The third-order valence-electron chi connectivity index (χ3n) is 6.00. The standard InChI is InChI=1S/C24H21N3O3/c1-14-5-2-3-6-17(14)27-18-7-4-8-19(28)23(18)22(16(12-25)24(27)26)15-9-10-20-21(11-15)30-13-29-20/h2-3,5-6,9-11,22H,4,7-8,13,26H2,1H3. The first kappa shape index (κ1) is 18.3. The number of nitrogens with two attached hydrogens (primary N) is 1. The van der Waals surface area contributed by atoms with E-state index in [4.69, 9.17) is 15.2 Å². The SMILES string of the molecule is Cc1ccccc1N1C(N)=C(C#N)C(c2ccc3c(c2)OCO3)C2=C1CCCC2=O. The first-order valence-electron chi connectivity index (χ1n) is 10.0. The molecule has 0 spiro atoms. The highest BCUT2D eigenvalue weighted by Crippen LogP contribution is 2.48. The van der Waals surface area contributed by atoms with Gasteiger partial charge in [0, 0.05) is 17.7 Å². The molecule has 1 aliphatic carbocycles. The molecule has 5 rings (SSSR count). The van der Waals surface area contributed by atoms with Crippen molar-refractivity contribution >= 4 is 11.5 Å². The average molecular weight is 399 g/mol. The van der Waals surface area contributed by atoms with Gasteiger partial charge < -0.3 is 15.2 Å². The first-order valence-corrected chi connectivity index (χ1v) is 10.0. The summed E-state index contributed by atoms with van der Waals surface area (Å²) in [5.74, 6) is 1.22. The minimum absolute atomic E-state index is 0.0674. The van der Waals surface area contributed by atoms with E-state index in [1.807, 2.05) is 54.3 Å². The van der Waals surface area contributed by atoms with Crippen LogP contribution in [-0.2, 0) is 4.79 Å². The molecule has 2 aliphatic heterocycles. The van der Waals surface area contributed by atoms with Crippen LogP contribution in [-0.4, -0.2) is 12.6 Å². The second-order valence-electron chi connectivity index (χ2n) is 7.72. The average Bonchev–Trinajstić information content (AvgIpc) is 3.22. The van der Waals surface area contributed by atoms with Crippen LogP contribution in [0.5, 0.6) is 11.5 Å². The Morgan fingerprint density at radius 3 is 2.73 bits per heavy atom. The van der Waals surface area contributed by atoms with Gasteiger partial charge in [-0.05, 0) is 49.1 Å². The molecule has 2 N–H and O–H groups in total. The van der Waals surface area contributed by atoms with Crippen LogP contribution < -0.4 is 20.1 Å². The van der Waals surface area contributed by atoms with E-state index in [9.17, 15) is 10.1 Å². The lowest BCUT2D eigenvalue weighted by atomic mass is 9.75. The van der Waals surface area contributed by atoms with Crippen molar-refractivity contribution in [2.75, 3.05) is 11.7 Å². The van der Waals surface area contributed by atoms with Crippen LogP contribution in [0.3, 0.4) is 0 Å². The second kappa shape index (κ2) is 6.96. The minimum atomic E-state index is -0.507. The van der Waals surface area contributed by atoms with Gasteiger partial charge in [0.05, 0.1) is 23.2 Å². The molecule has 150 valence electrons. The highest BCUT2D eigenvalue weighted by molar-refractivity contribution is 6.01. The topological polar surface area (TPSA) is 88.6 Å². The number of hydrogen-bond donors (Lipinski definition) is 1. The van der Waals surface area contributed by atoms with Crippen LogP contribution in [0.1, 0.15) is 36.3 Å². The first-order chi connectivity index (χ1) is 14.6. The molecular formula is C24H21N3O3. The van der Waals surface area contributed by atoms with E-state index in [2.05, 4.69) is 6.07 Å². The lowest BCUT2D eigenvalue weighted by molar-refractivity contribution is -0.116. The summed E-state index contributed by atoms with van der Waals surface area (Å²) < 4.78 is 11.0. The number of hydrogen-bond acceptors (Lipinski definition) is 6. The molecule has 2 aromatic rings. The Morgan fingerprint density at radius 1 is 1.13 bits per heavy atom. The smallest absolute Gasteiger partial charge is 0.231 e. The highest BCUT2D eigenvalue weighted by Gasteiger charge is 2.40. The number of aryl methyl sites for hydroxylation is 1. The number of Topliss-reactive ketones (excluding diaryl/α,β-unsaturated/α-hetero) is 1. The summed E-state index contributed by atoms with van der Waals surface area (Å²) >= 11 is 0. The van der Waals surface area contributed by atoms with Crippen LogP contribution in [0.15, 0.2) is 65.1 Å². The quantitative estimate of drug-likeness (QED) is 0.820. The Bertz CT molecular complexity index is 1170. The molecular weight excluding hydrogens is 378 g/mol. The molecule has 0 aromatic heterocycles. The van der Waals surface area contributed by atoms with Gasteiger partial charge in [0.2, 0.25) is 6.79 Å². The molecule has 0 amide bonds. The number of allylic oxidation sites excluding steroid dienone is 3. The molecule has 30 heavy (non-hydrogen) atoms. The van der Waals surface area contributed by atoms with Crippen LogP contribution in [0, 0.1) is 18.3 Å². The van der Waals surface area contributed by atoms with Gasteiger partial charge in [-0.2, -0.15) is 5.26 Å². The van der Waals surface area contributed by atoms with Gasteiger partial charge in [-0.25, -0.2) is 0 Å². The Hall–Kier alpha value is -3.72. The summed E-state index contributed by atoms with van der Waals surface area (Å²) in [5, 5.41) is 10.1. The maximum atomic E-state index is 13.2. The highest BCUT2D eigenvalue weighted by atomic mass is 16.7. The number of anilines is 1. The van der Waals surface area contributed by atoms with E-state index in [-0.39, 0.29) is 12.6 Å². The molecule has 1 unspecified atom stereocenters.